The van der Waals surface area contributed by atoms with Crippen LogP contribution in [-0.2, 0) is 11.2 Å². The van der Waals surface area contributed by atoms with Crippen molar-refractivity contribution >= 4 is 6.79 Å². The molecule has 1 aromatic carbocycles. The standard InChI is InChI=1S/C21H36O.CH2O/c1-3-4-5-6-7-8-9-10-11-12-13-14-15-20-16-17-21(22)19(2)18-20;1-2/h16-18,22H,3-15H2,1-2H3;1H2. The lowest BCUT2D eigenvalue weighted by atomic mass is 10.0. The van der Waals surface area contributed by atoms with Crippen LogP contribution in [0.5, 0.6) is 5.75 Å². The number of hydrogen-bond donors (Lipinski definition) is 1. The second kappa shape index (κ2) is 16.5. The Morgan fingerprint density at radius 2 is 1.25 bits per heavy atom. The zero-order chi connectivity index (χ0) is 18.0. The Kier molecular flexibility index (Phi) is 15.6. The normalized spacial score (nSPS) is 10.2. The summed E-state index contributed by atoms with van der Waals surface area (Å²) < 4.78 is 0. The van der Waals surface area contributed by atoms with Crippen LogP contribution in [0, 0.1) is 6.92 Å². The number of hydrogen-bond acceptors (Lipinski definition) is 2. The molecular weight excluding hydrogens is 296 g/mol. The number of carbonyl (C=O) groups is 1. The first-order chi connectivity index (χ1) is 11.7. The number of unbranched alkanes of at least 4 members (excludes halogenated alkanes) is 11. The van der Waals surface area contributed by atoms with Crippen molar-refractivity contribution in [3.05, 3.63) is 29.3 Å². The third-order valence-corrected chi connectivity index (χ3v) is 4.58. The first-order valence-electron chi connectivity index (χ1n) is 9.81. The third-order valence-electron chi connectivity index (χ3n) is 4.58. The van der Waals surface area contributed by atoms with Gasteiger partial charge in [0.2, 0.25) is 0 Å². The molecule has 0 unspecified atom stereocenters. The van der Waals surface area contributed by atoms with Gasteiger partial charge in [-0.3, -0.25) is 0 Å². The van der Waals surface area contributed by atoms with Crippen LogP contribution < -0.4 is 0 Å². The number of carbonyl (C=O) groups excluding carboxylic acids is 1. The highest BCUT2D eigenvalue weighted by atomic mass is 16.3. The molecular formula is C22H38O2. The SMILES string of the molecule is C=O.CCCCCCCCCCCCCCc1ccc(O)c(C)c1. The molecule has 0 amide bonds. The summed E-state index contributed by atoms with van der Waals surface area (Å²) in [6.45, 7) is 6.25. The molecule has 0 saturated carbocycles. The molecule has 0 saturated heterocycles. The van der Waals surface area contributed by atoms with Crippen LogP contribution in [0.4, 0.5) is 0 Å². The van der Waals surface area contributed by atoms with Crippen LogP contribution in [0.15, 0.2) is 18.2 Å². The third kappa shape index (κ3) is 12.2. The van der Waals surface area contributed by atoms with Crippen molar-refractivity contribution in [2.45, 2.75) is 97.3 Å². The first kappa shape index (κ1) is 22.7. The molecule has 0 fully saturated rings. The molecule has 0 heterocycles. The number of rotatable bonds is 13. The Labute approximate surface area is 149 Å². The van der Waals surface area contributed by atoms with E-state index in [1.807, 2.05) is 19.8 Å². The minimum atomic E-state index is 0.415. The molecule has 0 radical (unpaired) electrons. The predicted octanol–water partition coefficient (Wildman–Crippen LogP) is 6.76. The van der Waals surface area contributed by atoms with Gasteiger partial charge in [0.1, 0.15) is 12.5 Å². The van der Waals surface area contributed by atoms with Gasteiger partial charge >= 0.3 is 0 Å². The van der Waals surface area contributed by atoms with Crippen molar-refractivity contribution in [1.29, 1.82) is 0 Å². The van der Waals surface area contributed by atoms with E-state index in [1.165, 1.54) is 82.6 Å². The summed E-state index contributed by atoms with van der Waals surface area (Å²) in [7, 11) is 0. The van der Waals surface area contributed by atoms with E-state index in [1.54, 1.807) is 0 Å². The second-order valence-electron chi connectivity index (χ2n) is 6.76. The van der Waals surface area contributed by atoms with E-state index >= 15 is 0 Å². The van der Waals surface area contributed by atoms with Gasteiger partial charge in [0.25, 0.3) is 0 Å². The molecule has 1 N–H and O–H groups in total. The molecule has 0 aromatic heterocycles. The number of aromatic hydroxyl groups is 1. The van der Waals surface area contributed by atoms with Crippen LogP contribution >= 0.6 is 0 Å². The molecule has 0 atom stereocenters. The predicted molar refractivity (Wildman–Crippen MR) is 105 cm³/mol. The van der Waals surface area contributed by atoms with Gasteiger partial charge in [-0.05, 0) is 37.0 Å². The number of phenols is 1. The topological polar surface area (TPSA) is 37.3 Å². The van der Waals surface area contributed by atoms with E-state index in [2.05, 4.69) is 19.1 Å². The second-order valence-corrected chi connectivity index (χ2v) is 6.76. The summed E-state index contributed by atoms with van der Waals surface area (Å²) in [6.07, 6.45) is 18.0. The van der Waals surface area contributed by atoms with Crippen LogP contribution in [0.2, 0.25) is 0 Å². The summed E-state index contributed by atoms with van der Waals surface area (Å²) in [5, 5.41) is 9.52. The summed E-state index contributed by atoms with van der Waals surface area (Å²) in [4.78, 5) is 8.00. The van der Waals surface area contributed by atoms with Crippen molar-refractivity contribution in [1.82, 2.24) is 0 Å². The first-order valence-corrected chi connectivity index (χ1v) is 9.81. The monoisotopic (exact) mass is 334 g/mol. The number of benzene rings is 1. The van der Waals surface area contributed by atoms with Crippen LogP contribution in [0.1, 0.15) is 95.1 Å². The van der Waals surface area contributed by atoms with E-state index in [-0.39, 0.29) is 0 Å². The maximum Gasteiger partial charge on any atom is 0.118 e. The van der Waals surface area contributed by atoms with E-state index < -0.39 is 0 Å². The van der Waals surface area contributed by atoms with Gasteiger partial charge in [-0.25, -0.2) is 0 Å². The molecule has 2 nitrogen and oxygen atoms in total. The van der Waals surface area contributed by atoms with E-state index in [9.17, 15) is 5.11 Å². The summed E-state index contributed by atoms with van der Waals surface area (Å²) in [5.41, 5.74) is 2.36. The summed E-state index contributed by atoms with van der Waals surface area (Å²) >= 11 is 0. The van der Waals surface area contributed by atoms with Gasteiger partial charge in [0, 0.05) is 0 Å². The lowest BCUT2D eigenvalue weighted by Gasteiger charge is -2.05. The van der Waals surface area contributed by atoms with Gasteiger partial charge < -0.3 is 9.90 Å². The quantitative estimate of drug-likeness (QED) is 0.405. The van der Waals surface area contributed by atoms with Crippen LogP contribution in [0.3, 0.4) is 0 Å². The Hall–Kier alpha value is -1.31. The van der Waals surface area contributed by atoms with E-state index in [4.69, 9.17) is 4.79 Å². The zero-order valence-corrected chi connectivity index (χ0v) is 16.0. The Balaban J connectivity index is 0.00000254. The molecule has 0 bridgehead atoms. The fraction of sp³-hybridized carbons (Fsp3) is 0.682. The average molecular weight is 335 g/mol. The highest BCUT2D eigenvalue weighted by molar-refractivity contribution is 5.34. The molecule has 2 heteroatoms. The molecule has 1 aromatic rings. The lowest BCUT2D eigenvalue weighted by molar-refractivity contribution is -0.0979. The van der Waals surface area contributed by atoms with Gasteiger partial charge in [0.15, 0.2) is 0 Å². The van der Waals surface area contributed by atoms with Gasteiger partial charge in [-0.2, -0.15) is 0 Å². The number of aryl methyl sites for hydroxylation is 2. The summed E-state index contributed by atoms with van der Waals surface area (Å²) in [6, 6.07) is 6.00. The molecule has 0 aliphatic rings. The molecule has 0 aliphatic heterocycles. The molecule has 24 heavy (non-hydrogen) atoms. The maximum absolute atomic E-state index is 9.52. The average Bonchev–Trinajstić information content (AvgIpc) is 2.60. The fourth-order valence-electron chi connectivity index (χ4n) is 3.04. The number of phenolic OH excluding ortho intramolecular Hbond substituents is 1. The molecule has 1 rings (SSSR count). The van der Waals surface area contributed by atoms with Crippen molar-refractivity contribution < 1.29 is 9.90 Å². The fourth-order valence-corrected chi connectivity index (χ4v) is 3.04. The molecule has 0 aliphatic carbocycles. The van der Waals surface area contributed by atoms with E-state index in [0.29, 0.717) is 5.75 Å². The Morgan fingerprint density at radius 1 is 0.792 bits per heavy atom. The van der Waals surface area contributed by atoms with Crippen molar-refractivity contribution in [2.24, 2.45) is 0 Å². The Bertz CT molecular complexity index is 401. The minimum Gasteiger partial charge on any atom is -0.508 e. The lowest BCUT2D eigenvalue weighted by Crippen LogP contribution is -1.88. The van der Waals surface area contributed by atoms with Gasteiger partial charge in [-0.1, -0.05) is 89.7 Å². The minimum absolute atomic E-state index is 0.415. The van der Waals surface area contributed by atoms with Crippen molar-refractivity contribution in [3.8, 4) is 5.75 Å². The van der Waals surface area contributed by atoms with E-state index in [0.717, 1.165) is 12.0 Å². The Morgan fingerprint density at radius 3 is 1.71 bits per heavy atom. The zero-order valence-electron chi connectivity index (χ0n) is 16.0. The summed E-state index contributed by atoms with van der Waals surface area (Å²) in [5.74, 6) is 0.415. The largest absolute Gasteiger partial charge is 0.508 e. The van der Waals surface area contributed by atoms with Crippen LogP contribution in [-0.4, -0.2) is 11.9 Å². The van der Waals surface area contributed by atoms with Crippen molar-refractivity contribution in [3.63, 3.8) is 0 Å². The molecule has 138 valence electrons. The smallest absolute Gasteiger partial charge is 0.118 e. The van der Waals surface area contributed by atoms with Crippen LogP contribution in [0.25, 0.3) is 0 Å². The van der Waals surface area contributed by atoms with Gasteiger partial charge in [-0.15, -0.1) is 0 Å². The highest BCUT2D eigenvalue weighted by Crippen LogP contribution is 2.19. The maximum atomic E-state index is 9.52. The van der Waals surface area contributed by atoms with Crippen molar-refractivity contribution in [2.75, 3.05) is 0 Å². The molecule has 0 spiro atoms. The highest BCUT2D eigenvalue weighted by Gasteiger charge is 1.99. The van der Waals surface area contributed by atoms with Gasteiger partial charge in [0.05, 0.1) is 0 Å².